The summed E-state index contributed by atoms with van der Waals surface area (Å²) in [5.74, 6) is -6.32. The molecule has 6 rings (SSSR count). The number of carbonyl (C=O) groups excluding carboxylic acids is 1. The molecule has 18 nitrogen and oxygen atoms in total. The molecule has 5 N–H and O–H groups in total. The van der Waals surface area contributed by atoms with E-state index in [1.54, 1.807) is 76.9 Å². The van der Waals surface area contributed by atoms with Crippen LogP contribution in [0.1, 0.15) is 119 Å². The van der Waals surface area contributed by atoms with Crippen molar-refractivity contribution in [1.29, 1.82) is 0 Å². The Morgan fingerprint density at radius 2 is 1.61 bits per heavy atom. The summed E-state index contributed by atoms with van der Waals surface area (Å²) < 4.78 is 64.3. The topological polar surface area (TPSA) is 227 Å². The minimum atomic E-state index is -3.05. The number of aryl methyl sites for hydroxylation is 1. The van der Waals surface area contributed by atoms with Gasteiger partial charge in [-0.15, -0.1) is 5.10 Å². The van der Waals surface area contributed by atoms with Gasteiger partial charge in [-0.2, -0.15) is 0 Å². The van der Waals surface area contributed by atoms with Gasteiger partial charge in [-0.3, -0.25) is 9.48 Å². The summed E-state index contributed by atoms with van der Waals surface area (Å²) in [6.45, 7) is 18.9. The predicted molar refractivity (Wildman–Crippen MR) is 276 cm³/mol. The van der Waals surface area contributed by atoms with Gasteiger partial charge in [-0.05, 0) is 98.7 Å². The monoisotopic (exact) mass is 1060 g/mol. The normalized spacial score (nSPS) is 38.2. The maximum absolute atomic E-state index is 15.3. The number of alkyl halides is 2. The molecule has 0 bridgehead atoms. The molecule has 1 unspecified atom stereocenters. The number of carbonyl (C=O) groups is 1. The van der Waals surface area contributed by atoms with Crippen molar-refractivity contribution in [2.45, 2.75) is 211 Å². The lowest BCUT2D eigenvalue weighted by Gasteiger charge is -2.51. The second kappa shape index (κ2) is 25.0. The van der Waals surface area contributed by atoms with Gasteiger partial charge in [-0.25, -0.2) is 18.7 Å². The molecule has 75 heavy (non-hydrogen) atoms. The number of ether oxygens (including phenoxy) is 5. The third-order valence-corrected chi connectivity index (χ3v) is 16.8. The number of likely N-dealkylation sites (N-methyl/N-ethyl adjacent to an activating group) is 2. The largest absolute Gasteiger partial charge is 0.459 e. The van der Waals surface area contributed by atoms with E-state index in [0.717, 1.165) is 11.1 Å². The molecule has 3 saturated heterocycles. The summed E-state index contributed by atoms with van der Waals surface area (Å²) in [5.41, 5.74) is -2.46. The number of hydrogen-bond donors (Lipinski definition) is 5. The van der Waals surface area contributed by atoms with Gasteiger partial charge in [0.2, 0.25) is 0 Å². The summed E-state index contributed by atoms with van der Waals surface area (Å²) in [6.07, 6.45) is -1.09. The van der Waals surface area contributed by atoms with Crippen molar-refractivity contribution in [2.24, 2.45) is 23.7 Å². The number of aliphatic hydroxyl groups is 5. The van der Waals surface area contributed by atoms with Gasteiger partial charge in [0.1, 0.15) is 36.3 Å². The van der Waals surface area contributed by atoms with Crippen LogP contribution in [0.2, 0.25) is 0 Å². The zero-order chi connectivity index (χ0) is 55.4. The highest BCUT2D eigenvalue weighted by molar-refractivity contribution is 5.73. The Bertz CT molecular complexity index is 2260. The third-order valence-electron chi connectivity index (χ3n) is 16.8. The molecule has 3 aliphatic heterocycles. The van der Waals surface area contributed by atoms with E-state index in [-0.39, 0.29) is 56.2 Å². The van der Waals surface area contributed by atoms with Gasteiger partial charge in [0, 0.05) is 93.7 Å². The molecule has 0 radical (unpaired) electrons. The van der Waals surface area contributed by atoms with E-state index in [9.17, 15) is 30.3 Å². The molecule has 0 spiro atoms. The van der Waals surface area contributed by atoms with Crippen molar-refractivity contribution < 1.29 is 62.8 Å². The lowest BCUT2D eigenvalue weighted by molar-refractivity contribution is -0.302. The highest BCUT2D eigenvalue weighted by atomic mass is 19.3. The number of methoxy groups -OCH3 is 1. The fraction of sp³-hybridized carbons (Fsp3) is 0.764. The van der Waals surface area contributed by atoms with E-state index in [4.69, 9.17) is 23.7 Å². The van der Waals surface area contributed by atoms with Crippen molar-refractivity contribution in [3.05, 3.63) is 60.4 Å². The molecular weight excluding hydrogens is 973 g/mol. The van der Waals surface area contributed by atoms with Gasteiger partial charge in [0.05, 0.1) is 47.2 Å². The summed E-state index contributed by atoms with van der Waals surface area (Å²) in [5, 5.41) is 68.6. The van der Waals surface area contributed by atoms with Crippen LogP contribution in [0.4, 0.5) is 8.78 Å². The maximum Gasteiger partial charge on any atom is 0.309 e. The van der Waals surface area contributed by atoms with Crippen LogP contribution in [0.15, 0.2) is 49.2 Å². The van der Waals surface area contributed by atoms with Crippen LogP contribution in [0.25, 0.3) is 11.1 Å². The van der Waals surface area contributed by atoms with Crippen LogP contribution in [0, 0.1) is 23.7 Å². The summed E-state index contributed by atoms with van der Waals surface area (Å²) in [4.78, 5) is 26.5. The quantitative estimate of drug-likeness (QED) is 0.120. The SMILES string of the molecule is CC[C@H]1OC(=O)[C@H](C)C([C@H]2C[C@@](C)(OC)[C@@H](O)[C@H](C)O2)[C@H](C)[C@@H](O[C@@H]2O[C@H](C)C[C@H](N(C)CCc3cn(CCCC(F)(F)c4ccc(-c5cncnc5)cc4)nn3)[C@H]2O)[C@](C)(O)C[C@@H](C)CN(C)[C@H](C)[C@@H](O)[C@]1(C)O. The van der Waals surface area contributed by atoms with E-state index >= 15 is 8.78 Å². The van der Waals surface area contributed by atoms with Crippen LogP contribution in [0.5, 0.6) is 0 Å². The first-order valence-corrected chi connectivity index (χ1v) is 26.9. The molecule has 422 valence electrons. The summed E-state index contributed by atoms with van der Waals surface area (Å²) in [6, 6.07) is 5.11. The van der Waals surface area contributed by atoms with Crippen LogP contribution in [-0.4, -0.2) is 185 Å². The summed E-state index contributed by atoms with van der Waals surface area (Å²) >= 11 is 0. The Kier molecular flexibility index (Phi) is 20.2. The molecular formula is C55H87F2N7O11. The zero-order valence-electron chi connectivity index (χ0n) is 46.4. The first-order chi connectivity index (χ1) is 35.1. The lowest BCUT2D eigenvalue weighted by atomic mass is 9.68. The third kappa shape index (κ3) is 14.2. The fourth-order valence-corrected chi connectivity index (χ4v) is 12.2. The highest BCUT2D eigenvalue weighted by Gasteiger charge is 2.55. The molecule has 1 aromatic carbocycles. The first kappa shape index (κ1) is 60.6. The van der Waals surface area contributed by atoms with Gasteiger partial charge in [0.15, 0.2) is 6.29 Å². The van der Waals surface area contributed by atoms with E-state index in [0.29, 0.717) is 31.6 Å². The van der Waals surface area contributed by atoms with Crippen molar-refractivity contribution in [3.8, 4) is 11.1 Å². The van der Waals surface area contributed by atoms with Gasteiger partial charge in [-0.1, -0.05) is 57.2 Å². The van der Waals surface area contributed by atoms with E-state index in [1.165, 1.54) is 32.5 Å². The molecule has 0 saturated carbocycles. The molecule has 3 aromatic rings. The van der Waals surface area contributed by atoms with E-state index in [2.05, 4.69) is 20.3 Å². The molecule has 0 amide bonds. The molecule has 3 aliphatic rings. The second-order valence-corrected chi connectivity index (χ2v) is 23.0. The van der Waals surface area contributed by atoms with Gasteiger partial charge < -0.3 is 59.0 Å². The van der Waals surface area contributed by atoms with E-state index < -0.39 is 108 Å². The Hall–Kier alpha value is -3.67. The number of hydrogen-bond acceptors (Lipinski definition) is 17. The highest BCUT2D eigenvalue weighted by Crippen LogP contribution is 2.45. The average Bonchev–Trinajstić information content (AvgIpc) is 3.82. The zero-order valence-corrected chi connectivity index (χ0v) is 46.4. The van der Waals surface area contributed by atoms with Crippen molar-refractivity contribution in [3.63, 3.8) is 0 Å². The van der Waals surface area contributed by atoms with Crippen LogP contribution >= 0.6 is 0 Å². The van der Waals surface area contributed by atoms with Gasteiger partial charge >= 0.3 is 5.97 Å². The molecule has 5 heterocycles. The Morgan fingerprint density at radius 3 is 2.25 bits per heavy atom. The molecule has 3 fully saturated rings. The Labute approximate surface area is 442 Å². The minimum absolute atomic E-state index is 0.0722. The average molecular weight is 1060 g/mol. The standard InChI is InChI=1S/C55H87F2N7O11/c1-14-44-54(10,70)47(66)36(6)63(12)29-32(2)25-52(8,69)49(34(4)45(35(5)50(68)74-44)43-26-53(9,71-13)48(67)37(7)73-43)75-51-46(65)42(24-33(3)72-51)62(11)23-20-41-30-64(61-60-41)22-15-21-55(56,57)40-18-16-38(17-19-40)39-27-58-31-59-28-39/h16-19,27-28,30-37,42-49,51,65-67,69-70H,14-15,20-26,29H2,1-13H3/t32-,33-,34+,35-,36-,37+,42+,43-,44-,45?,46-,47-,48+,49-,51+,52-,53-,54-/m1/s1. The second-order valence-electron chi connectivity index (χ2n) is 23.0. The van der Waals surface area contributed by atoms with Crippen LogP contribution in [-0.2, 0) is 47.4 Å². The Balaban J connectivity index is 1.20. The van der Waals surface area contributed by atoms with Crippen LogP contribution < -0.4 is 0 Å². The van der Waals surface area contributed by atoms with Crippen molar-refractivity contribution >= 4 is 5.97 Å². The fourth-order valence-electron chi connectivity index (χ4n) is 12.2. The van der Waals surface area contributed by atoms with E-state index in [1.807, 2.05) is 44.7 Å². The van der Waals surface area contributed by atoms with Crippen molar-refractivity contribution in [2.75, 3.05) is 34.3 Å². The molecule has 2 aromatic heterocycles. The first-order valence-electron chi connectivity index (χ1n) is 26.9. The number of aliphatic hydroxyl groups excluding tert-OH is 3. The number of nitrogens with zero attached hydrogens (tertiary/aromatic N) is 7. The number of halogens is 2. The molecule has 20 heteroatoms. The Morgan fingerprint density at radius 1 is 0.947 bits per heavy atom. The molecule has 0 aliphatic carbocycles. The number of rotatable bonds is 15. The number of aromatic nitrogens is 5. The van der Waals surface area contributed by atoms with Gasteiger partial charge in [0.25, 0.3) is 5.92 Å². The minimum Gasteiger partial charge on any atom is -0.459 e. The maximum atomic E-state index is 15.3. The van der Waals surface area contributed by atoms with Crippen LogP contribution in [0.3, 0.4) is 0 Å². The summed E-state index contributed by atoms with van der Waals surface area (Å²) in [7, 11) is 5.24. The number of cyclic esters (lactones) is 1. The lowest BCUT2D eigenvalue weighted by Crippen LogP contribution is -2.62. The number of benzene rings is 1. The number of esters is 1. The van der Waals surface area contributed by atoms with Crippen molar-refractivity contribution in [1.82, 2.24) is 34.8 Å². The smallest absolute Gasteiger partial charge is 0.309 e. The molecule has 18 atom stereocenters. The predicted octanol–water partition coefficient (Wildman–Crippen LogP) is 5.41.